The number of hydrogen-bond acceptors (Lipinski definition) is 3. The summed E-state index contributed by atoms with van der Waals surface area (Å²) in [5, 5.41) is 2.90. The lowest BCUT2D eigenvalue weighted by Gasteiger charge is -2.24. The molecule has 26 heavy (non-hydrogen) atoms. The average Bonchev–Trinajstić information content (AvgIpc) is 2.55. The van der Waals surface area contributed by atoms with Gasteiger partial charge in [0.05, 0.1) is 18.0 Å². The van der Waals surface area contributed by atoms with Crippen LogP contribution < -0.4 is 9.62 Å². The molecule has 0 fully saturated rings. The lowest BCUT2D eigenvalue weighted by atomic mass is 10.00. The van der Waals surface area contributed by atoms with Crippen LogP contribution in [0.5, 0.6) is 0 Å². The van der Waals surface area contributed by atoms with E-state index in [0.29, 0.717) is 5.69 Å². The van der Waals surface area contributed by atoms with E-state index in [1.54, 1.807) is 12.1 Å². The van der Waals surface area contributed by atoms with E-state index in [1.165, 1.54) is 0 Å². The van der Waals surface area contributed by atoms with Gasteiger partial charge < -0.3 is 5.32 Å². The summed E-state index contributed by atoms with van der Waals surface area (Å²) in [7, 11) is -3.57. The highest BCUT2D eigenvalue weighted by Gasteiger charge is 2.22. The number of carbonyl (C=O) groups is 1. The minimum atomic E-state index is -3.57. The van der Waals surface area contributed by atoms with Crippen molar-refractivity contribution in [1.82, 2.24) is 5.32 Å². The number of aryl methyl sites for hydroxylation is 3. The van der Waals surface area contributed by atoms with Crippen molar-refractivity contribution in [3.8, 4) is 0 Å². The van der Waals surface area contributed by atoms with E-state index in [9.17, 15) is 13.2 Å². The molecule has 0 heterocycles. The number of nitrogens with zero attached hydrogens (tertiary/aromatic N) is 1. The second-order valence-electron chi connectivity index (χ2n) is 6.75. The molecule has 0 spiro atoms. The van der Waals surface area contributed by atoms with Crippen molar-refractivity contribution >= 4 is 21.6 Å². The highest BCUT2D eigenvalue weighted by molar-refractivity contribution is 7.92. The van der Waals surface area contributed by atoms with Crippen LogP contribution in [-0.2, 0) is 14.8 Å². The lowest BCUT2D eigenvalue weighted by molar-refractivity contribution is -0.120. The second kappa shape index (κ2) is 7.91. The van der Waals surface area contributed by atoms with Crippen molar-refractivity contribution in [3.63, 3.8) is 0 Å². The van der Waals surface area contributed by atoms with Gasteiger partial charge >= 0.3 is 0 Å². The third kappa shape index (κ3) is 5.08. The van der Waals surface area contributed by atoms with Crippen LogP contribution in [0.3, 0.4) is 0 Å². The van der Waals surface area contributed by atoms with E-state index >= 15 is 0 Å². The minimum Gasteiger partial charge on any atom is -0.348 e. The molecule has 1 atom stereocenters. The Bertz CT molecular complexity index is 890. The van der Waals surface area contributed by atoms with E-state index < -0.39 is 10.0 Å². The van der Waals surface area contributed by atoms with E-state index in [2.05, 4.69) is 5.32 Å². The number of nitrogens with one attached hydrogen (secondary N) is 1. The Labute approximate surface area is 156 Å². The first-order valence-electron chi connectivity index (χ1n) is 8.49. The van der Waals surface area contributed by atoms with E-state index in [1.807, 2.05) is 58.0 Å². The summed E-state index contributed by atoms with van der Waals surface area (Å²) < 4.78 is 25.4. The SMILES string of the molecule is Cc1ccc(N(CC(=O)N[C@@H](C)c2cc(C)ccc2C)S(C)(=O)=O)cc1. The molecule has 6 heteroatoms. The van der Waals surface area contributed by atoms with E-state index in [0.717, 1.165) is 32.8 Å². The molecule has 0 aliphatic rings. The quantitative estimate of drug-likeness (QED) is 0.844. The summed E-state index contributed by atoms with van der Waals surface area (Å²) in [5.74, 6) is -0.343. The largest absolute Gasteiger partial charge is 0.348 e. The number of sulfonamides is 1. The topological polar surface area (TPSA) is 66.5 Å². The molecule has 140 valence electrons. The Kier molecular flexibility index (Phi) is 6.08. The molecule has 2 aromatic rings. The summed E-state index contributed by atoms with van der Waals surface area (Å²) in [6.45, 7) is 7.56. The molecule has 0 saturated heterocycles. The summed E-state index contributed by atoms with van der Waals surface area (Å²) in [4.78, 5) is 12.5. The van der Waals surface area contributed by atoms with Gasteiger partial charge in [0.1, 0.15) is 6.54 Å². The molecule has 1 N–H and O–H groups in total. The standard InChI is InChI=1S/C20H26N2O3S/c1-14-7-10-18(11-8-14)22(26(5,24)25)13-20(23)21-17(4)19-12-15(2)6-9-16(19)3/h6-12,17H,13H2,1-5H3,(H,21,23)/t17-/m0/s1. The minimum absolute atomic E-state index is 0.207. The Hall–Kier alpha value is -2.34. The molecule has 0 aliphatic heterocycles. The maximum absolute atomic E-state index is 12.5. The van der Waals surface area contributed by atoms with Crippen molar-refractivity contribution in [2.24, 2.45) is 0 Å². The molecule has 0 aromatic heterocycles. The van der Waals surface area contributed by atoms with Crippen LogP contribution in [-0.4, -0.2) is 27.1 Å². The molecule has 5 nitrogen and oxygen atoms in total. The smallest absolute Gasteiger partial charge is 0.241 e. The molecule has 0 aliphatic carbocycles. The highest BCUT2D eigenvalue weighted by Crippen LogP contribution is 2.20. The first-order chi connectivity index (χ1) is 12.1. The number of anilines is 1. The Morgan fingerprint density at radius 1 is 1.04 bits per heavy atom. The van der Waals surface area contributed by atoms with Gasteiger partial charge in [-0.3, -0.25) is 9.10 Å². The van der Waals surface area contributed by atoms with Crippen LogP contribution in [0.15, 0.2) is 42.5 Å². The average molecular weight is 375 g/mol. The van der Waals surface area contributed by atoms with Crippen LogP contribution in [0.2, 0.25) is 0 Å². The zero-order valence-electron chi connectivity index (χ0n) is 15.9. The van der Waals surface area contributed by atoms with Crippen LogP contribution in [0.25, 0.3) is 0 Å². The van der Waals surface area contributed by atoms with Crippen LogP contribution in [0.1, 0.15) is 35.2 Å². The predicted octanol–water partition coefficient (Wildman–Crippen LogP) is 3.26. The Morgan fingerprint density at radius 2 is 1.62 bits per heavy atom. The third-order valence-electron chi connectivity index (χ3n) is 4.29. The Balaban J connectivity index is 2.17. The zero-order valence-corrected chi connectivity index (χ0v) is 16.7. The van der Waals surface area contributed by atoms with Gasteiger partial charge in [-0.2, -0.15) is 0 Å². The molecular weight excluding hydrogens is 348 g/mol. The monoisotopic (exact) mass is 374 g/mol. The fraction of sp³-hybridized carbons (Fsp3) is 0.350. The number of carbonyl (C=O) groups excluding carboxylic acids is 1. The second-order valence-corrected chi connectivity index (χ2v) is 8.66. The van der Waals surface area contributed by atoms with Crippen molar-refractivity contribution < 1.29 is 13.2 Å². The van der Waals surface area contributed by atoms with Gasteiger partial charge in [-0.15, -0.1) is 0 Å². The van der Waals surface area contributed by atoms with Gasteiger partial charge in [0.25, 0.3) is 0 Å². The summed E-state index contributed by atoms with van der Waals surface area (Å²) in [6, 6.07) is 12.9. The van der Waals surface area contributed by atoms with E-state index in [-0.39, 0.29) is 18.5 Å². The summed E-state index contributed by atoms with van der Waals surface area (Å²) in [5.41, 5.74) is 4.73. The number of rotatable bonds is 6. The van der Waals surface area contributed by atoms with Gasteiger partial charge in [-0.1, -0.05) is 41.5 Å². The van der Waals surface area contributed by atoms with Gasteiger partial charge in [-0.05, 0) is 51.0 Å². The molecule has 0 saturated carbocycles. The third-order valence-corrected chi connectivity index (χ3v) is 5.43. The fourth-order valence-electron chi connectivity index (χ4n) is 2.83. The predicted molar refractivity (Wildman–Crippen MR) is 106 cm³/mol. The highest BCUT2D eigenvalue weighted by atomic mass is 32.2. The van der Waals surface area contributed by atoms with Gasteiger partial charge in [0.15, 0.2) is 0 Å². The molecule has 0 unspecified atom stereocenters. The molecule has 2 aromatic carbocycles. The zero-order chi connectivity index (χ0) is 19.5. The molecular formula is C20H26N2O3S. The number of hydrogen-bond donors (Lipinski definition) is 1. The van der Waals surface area contributed by atoms with Crippen LogP contribution in [0, 0.1) is 20.8 Å². The van der Waals surface area contributed by atoms with Crippen molar-refractivity contribution in [2.45, 2.75) is 33.7 Å². The number of benzene rings is 2. The van der Waals surface area contributed by atoms with Crippen LogP contribution in [0.4, 0.5) is 5.69 Å². The molecule has 0 radical (unpaired) electrons. The molecule has 1 amide bonds. The maximum Gasteiger partial charge on any atom is 0.241 e. The summed E-state index contributed by atoms with van der Waals surface area (Å²) in [6.07, 6.45) is 1.11. The van der Waals surface area contributed by atoms with Crippen molar-refractivity contribution in [2.75, 3.05) is 17.1 Å². The van der Waals surface area contributed by atoms with Gasteiger partial charge in [0, 0.05) is 0 Å². The molecule has 0 bridgehead atoms. The van der Waals surface area contributed by atoms with E-state index in [4.69, 9.17) is 0 Å². The fourth-order valence-corrected chi connectivity index (χ4v) is 3.69. The summed E-state index contributed by atoms with van der Waals surface area (Å²) >= 11 is 0. The van der Waals surface area contributed by atoms with Crippen molar-refractivity contribution in [1.29, 1.82) is 0 Å². The van der Waals surface area contributed by atoms with Gasteiger partial charge in [0.2, 0.25) is 15.9 Å². The first-order valence-corrected chi connectivity index (χ1v) is 10.3. The van der Waals surface area contributed by atoms with Gasteiger partial charge in [-0.25, -0.2) is 8.42 Å². The van der Waals surface area contributed by atoms with Crippen LogP contribution >= 0.6 is 0 Å². The lowest BCUT2D eigenvalue weighted by Crippen LogP contribution is -2.41. The normalized spacial score (nSPS) is 12.5. The maximum atomic E-state index is 12.5. The first kappa shape index (κ1) is 20.0. The van der Waals surface area contributed by atoms with Crippen molar-refractivity contribution in [3.05, 3.63) is 64.7 Å². The molecule has 2 rings (SSSR count). The number of amides is 1. The Morgan fingerprint density at radius 3 is 2.19 bits per heavy atom.